The van der Waals surface area contributed by atoms with E-state index in [4.69, 9.17) is 9.05 Å². The molecule has 334 valence electrons. The Morgan fingerprint density at radius 3 is 1.23 bits per heavy atom. The number of rotatable bonds is 38. The van der Waals surface area contributed by atoms with E-state index in [-0.39, 0.29) is 12.3 Å². The van der Waals surface area contributed by atoms with Gasteiger partial charge in [0, 0.05) is 6.42 Å². The number of aliphatic hydroxyl groups is 6. The van der Waals surface area contributed by atoms with Crippen molar-refractivity contribution in [2.45, 2.75) is 262 Å². The third-order valence-corrected chi connectivity index (χ3v) is 12.4. The lowest BCUT2D eigenvalue weighted by molar-refractivity contribution is -0.220. The molecule has 0 saturated heterocycles. The predicted octanol–water partition coefficient (Wildman–Crippen LogP) is 8.29. The Labute approximate surface area is 340 Å². The quantitative estimate of drug-likeness (QED) is 0.0220. The zero-order valence-corrected chi connectivity index (χ0v) is 36.4. The summed E-state index contributed by atoms with van der Waals surface area (Å²) in [6.45, 7) is 3.89. The smallest absolute Gasteiger partial charge is 0.391 e. The highest BCUT2D eigenvalue weighted by molar-refractivity contribution is 7.47. The predicted molar refractivity (Wildman–Crippen MR) is 223 cm³/mol. The topological polar surface area (TPSA) is 206 Å². The van der Waals surface area contributed by atoms with E-state index < -0.39 is 63.2 Å². The number of aliphatic hydroxyl groups excluding tert-OH is 6. The van der Waals surface area contributed by atoms with Gasteiger partial charge >= 0.3 is 7.82 Å². The summed E-state index contributed by atoms with van der Waals surface area (Å²) in [7, 11) is -5.05. The molecular formula is C43H86NO11P. The average Bonchev–Trinajstić information content (AvgIpc) is 3.18. The molecule has 12 nitrogen and oxygen atoms in total. The maximum atomic E-state index is 12.9. The molecular weight excluding hydrogens is 737 g/mol. The molecule has 8 N–H and O–H groups in total. The molecule has 0 aromatic rings. The minimum atomic E-state index is -5.05. The lowest BCUT2D eigenvalue weighted by Crippen LogP contribution is -2.64. The standard InChI is InChI=1S/C43H86NO11P/c1-3-5-7-9-11-13-15-17-18-19-20-21-23-25-27-29-31-33-37(46)44-35(36(45)32-30-28-26-24-22-16-14-12-10-8-6-4-2)34-54-56(52,53)55-43-41(50)39(48)38(47)40(49)42(43)51/h35-36,38-43,45,47-51H,3-34H2,1-2H3,(H,44,46)(H,52,53)/t35-,36+,38?,39+,40?,41?,42?,43?/m0/s1. The van der Waals surface area contributed by atoms with Gasteiger partial charge in [0.1, 0.15) is 36.6 Å². The van der Waals surface area contributed by atoms with Crippen molar-refractivity contribution in [3.05, 3.63) is 0 Å². The van der Waals surface area contributed by atoms with Gasteiger partial charge in [-0.15, -0.1) is 0 Å². The average molecular weight is 824 g/mol. The third kappa shape index (κ3) is 25.7. The Hall–Kier alpha value is -0.660. The fourth-order valence-corrected chi connectivity index (χ4v) is 8.58. The second-order valence-electron chi connectivity index (χ2n) is 16.6. The van der Waals surface area contributed by atoms with Crippen molar-refractivity contribution in [3.8, 4) is 0 Å². The first-order chi connectivity index (χ1) is 26.9. The van der Waals surface area contributed by atoms with Gasteiger partial charge in [0.15, 0.2) is 0 Å². The third-order valence-electron chi connectivity index (χ3n) is 11.4. The fraction of sp³-hybridized carbons (Fsp3) is 0.977. The molecule has 0 spiro atoms. The van der Waals surface area contributed by atoms with Crippen LogP contribution in [0, 0.1) is 0 Å². The van der Waals surface area contributed by atoms with Crippen molar-refractivity contribution < 1.29 is 53.9 Å². The Morgan fingerprint density at radius 2 is 0.857 bits per heavy atom. The summed E-state index contributed by atoms with van der Waals surface area (Å²) in [5.41, 5.74) is 0. The van der Waals surface area contributed by atoms with Crippen LogP contribution in [0.15, 0.2) is 0 Å². The van der Waals surface area contributed by atoms with Gasteiger partial charge in [-0.1, -0.05) is 194 Å². The summed E-state index contributed by atoms with van der Waals surface area (Å²) in [6.07, 6.45) is 22.8. The summed E-state index contributed by atoms with van der Waals surface area (Å²) < 4.78 is 22.9. The van der Waals surface area contributed by atoms with Crippen LogP contribution < -0.4 is 5.32 Å². The molecule has 13 heteroatoms. The molecule has 0 heterocycles. The van der Waals surface area contributed by atoms with Gasteiger partial charge in [-0.3, -0.25) is 13.8 Å². The van der Waals surface area contributed by atoms with Gasteiger partial charge in [0.25, 0.3) is 0 Å². The highest BCUT2D eigenvalue weighted by Crippen LogP contribution is 2.47. The van der Waals surface area contributed by atoms with Crippen LogP contribution in [0.25, 0.3) is 0 Å². The van der Waals surface area contributed by atoms with E-state index in [0.717, 1.165) is 38.5 Å². The Balaban J connectivity index is 2.45. The van der Waals surface area contributed by atoms with Crippen molar-refractivity contribution in [1.29, 1.82) is 0 Å². The molecule has 9 atom stereocenters. The maximum absolute atomic E-state index is 12.9. The van der Waals surface area contributed by atoms with Gasteiger partial charge in [-0.05, 0) is 12.8 Å². The largest absolute Gasteiger partial charge is 0.472 e. The molecule has 0 aromatic heterocycles. The van der Waals surface area contributed by atoms with E-state index >= 15 is 0 Å². The zero-order chi connectivity index (χ0) is 41.4. The van der Waals surface area contributed by atoms with Gasteiger partial charge < -0.3 is 40.8 Å². The van der Waals surface area contributed by atoms with Crippen LogP contribution in [0.3, 0.4) is 0 Å². The Morgan fingerprint density at radius 1 is 0.536 bits per heavy atom. The molecule has 0 aliphatic heterocycles. The summed E-state index contributed by atoms with van der Waals surface area (Å²) in [5.74, 6) is -0.305. The summed E-state index contributed by atoms with van der Waals surface area (Å²) in [6, 6.07) is -1.02. The fourth-order valence-electron chi connectivity index (χ4n) is 7.61. The number of hydrogen-bond donors (Lipinski definition) is 8. The number of nitrogens with one attached hydrogen (secondary N) is 1. The van der Waals surface area contributed by atoms with Crippen LogP contribution in [-0.4, -0.2) is 96.8 Å². The van der Waals surface area contributed by atoms with Crippen molar-refractivity contribution in [2.24, 2.45) is 0 Å². The lowest BCUT2D eigenvalue weighted by atomic mass is 9.85. The maximum Gasteiger partial charge on any atom is 0.472 e. The molecule has 1 amide bonds. The summed E-state index contributed by atoms with van der Waals surface area (Å²) >= 11 is 0. The van der Waals surface area contributed by atoms with Crippen LogP contribution >= 0.6 is 7.82 Å². The van der Waals surface area contributed by atoms with E-state index in [2.05, 4.69) is 19.2 Å². The molecule has 0 bridgehead atoms. The molecule has 56 heavy (non-hydrogen) atoms. The molecule has 6 unspecified atom stereocenters. The highest BCUT2D eigenvalue weighted by Gasteiger charge is 2.51. The minimum absolute atomic E-state index is 0.242. The normalized spacial score (nSPS) is 23.5. The van der Waals surface area contributed by atoms with Crippen LogP contribution in [0.5, 0.6) is 0 Å². The van der Waals surface area contributed by atoms with E-state index in [1.54, 1.807) is 0 Å². The highest BCUT2D eigenvalue weighted by atomic mass is 31.2. The zero-order valence-electron chi connectivity index (χ0n) is 35.5. The number of unbranched alkanes of at least 4 members (excludes halogenated alkanes) is 27. The Kier molecular flexibility index (Phi) is 32.5. The first-order valence-corrected chi connectivity index (χ1v) is 24.5. The van der Waals surface area contributed by atoms with Crippen LogP contribution in [0.4, 0.5) is 0 Å². The van der Waals surface area contributed by atoms with Gasteiger partial charge in [-0.25, -0.2) is 4.57 Å². The summed E-state index contributed by atoms with van der Waals surface area (Å²) in [4.78, 5) is 23.4. The second kappa shape index (κ2) is 34.1. The van der Waals surface area contributed by atoms with Crippen molar-refractivity contribution in [1.82, 2.24) is 5.32 Å². The summed E-state index contributed by atoms with van der Waals surface area (Å²) in [5, 5.41) is 64.0. The van der Waals surface area contributed by atoms with E-state index in [1.165, 1.54) is 135 Å². The van der Waals surface area contributed by atoms with Gasteiger partial charge in [-0.2, -0.15) is 0 Å². The van der Waals surface area contributed by atoms with E-state index in [9.17, 15) is 44.9 Å². The van der Waals surface area contributed by atoms with E-state index in [0.29, 0.717) is 19.3 Å². The molecule has 1 fully saturated rings. The molecule has 0 radical (unpaired) electrons. The second-order valence-corrected chi connectivity index (χ2v) is 18.0. The van der Waals surface area contributed by atoms with Crippen LogP contribution in [0.1, 0.15) is 213 Å². The number of hydrogen-bond acceptors (Lipinski definition) is 10. The number of phosphoric ester groups is 1. The number of carbonyl (C=O) groups is 1. The van der Waals surface area contributed by atoms with Crippen molar-refractivity contribution >= 4 is 13.7 Å². The van der Waals surface area contributed by atoms with Crippen molar-refractivity contribution in [3.63, 3.8) is 0 Å². The van der Waals surface area contributed by atoms with Crippen molar-refractivity contribution in [2.75, 3.05) is 6.61 Å². The molecule has 1 aliphatic rings. The van der Waals surface area contributed by atoms with Gasteiger partial charge in [0.2, 0.25) is 5.91 Å². The molecule has 1 rings (SSSR count). The monoisotopic (exact) mass is 824 g/mol. The minimum Gasteiger partial charge on any atom is -0.391 e. The molecule has 1 saturated carbocycles. The molecule has 1 aliphatic carbocycles. The number of phosphoric acid groups is 1. The van der Waals surface area contributed by atoms with Gasteiger partial charge in [0.05, 0.1) is 18.8 Å². The first-order valence-electron chi connectivity index (χ1n) is 23.0. The first kappa shape index (κ1) is 53.4. The number of amides is 1. The van der Waals surface area contributed by atoms with Crippen LogP contribution in [-0.2, 0) is 18.4 Å². The number of carbonyl (C=O) groups excluding carboxylic acids is 1. The lowest BCUT2D eigenvalue weighted by Gasteiger charge is -2.41. The Bertz CT molecular complexity index is 962. The molecule has 0 aromatic carbocycles. The van der Waals surface area contributed by atoms with Crippen LogP contribution in [0.2, 0.25) is 0 Å². The SMILES string of the molecule is CCCCCCCCCCCCCCCCCCCC(=O)N[C@@H](COP(=O)(O)OC1C(O)C(O)C(O)[C@@H](O)C1O)[C@H](O)CCCCCCCCCCCCCC. The van der Waals surface area contributed by atoms with E-state index in [1.807, 2.05) is 0 Å².